The van der Waals surface area contributed by atoms with E-state index in [1.165, 1.54) is 18.4 Å². The van der Waals surface area contributed by atoms with Crippen LogP contribution in [0.15, 0.2) is 24.3 Å². The van der Waals surface area contributed by atoms with Crippen LogP contribution in [-0.4, -0.2) is 32.3 Å². The van der Waals surface area contributed by atoms with Crippen molar-refractivity contribution in [2.45, 2.75) is 32.2 Å². The minimum atomic E-state index is 0.784. The third-order valence-electron chi connectivity index (χ3n) is 3.07. The second kappa shape index (κ2) is 7.39. The van der Waals surface area contributed by atoms with E-state index in [4.69, 9.17) is 4.74 Å². The molecule has 1 aliphatic rings. The van der Waals surface area contributed by atoms with Crippen molar-refractivity contribution in [3.05, 3.63) is 29.8 Å². The van der Waals surface area contributed by atoms with E-state index in [9.17, 15) is 0 Å². The highest BCUT2D eigenvalue weighted by molar-refractivity contribution is 5.27. The molecule has 0 radical (unpaired) electrons. The fourth-order valence-corrected chi connectivity index (χ4v) is 1.87. The predicted molar refractivity (Wildman–Crippen MR) is 75.2 cm³/mol. The summed E-state index contributed by atoms with van der Waals surface area (Å²) >= 11 is 0. The summed E-state index contributed by atoms with van der Waals surface area (Å²) in [5.41, 5.74) is 1.25. The van der Waals surface area contributed by atoms with Gasteiger partial charge in [0, 0.05) is 19.1 Å². The SMILES string of the molecule is Cc1cccc(OCCCNCCNC2CC2)c1. The van der Waals surface area contributed by atoms with Gasteiger partial charge in [0.15, 0.2) is 0 Å². The van der Waals surface area contributed by atoms with Crippen LogP contribution in [0, 0.1) is 6.92 Å². The van der Waals surface area contributed by atoms with Gasteiger partial charge in [-0.2, -0.15) is 0 Å². The smallest absolute Gasteiger partial charge is 0.119 e. The Morgan fingerprint density at radius 1 is 1.22 bits per heavy atom. The van der Waals surface area contributed by atoms with Gasteiger partial charge in [0.1, 0.15) is 5.75 Å². The topological polar surface area (TPSA) is 33.3 Å². The number of benzene rings is 1. The highest BCUT2D eigenvalue weighted by Crippen LogP contribution is 2.17. The summed E-state index contributed by atoms with van der Waals surface area (Å²) in [7, 11) is 0. The van der Waals surface area contributed by atoms with Gasteiger partial charge in [-0.1, -0.05) is 12.1 Å². The Balaban J connectivity index is 1.43. The molecule has 1 fully saturated rings. The van der Waals surface area contributed by atoms with E-state index in [1.54, 1.807) is 0 Å². The summed E-state index contributed by atoms with van der Waals surface area (Å²) in [6, 6.07) is 9.03. The molecule has 2 rings (SSSR count). The van der Waals surface area contributed by atoms with Gasteiger partial charge in [-0.25, -0.2) is 0 Å². The van der Waals surface area contributed by atoms with Gasteiger partial charge in [0.2, 0.25) is 0 Å². The third kappa shape index (κ3) is 5.52. The maximum Gasteiger partial charge on any atom is 0.119 e. The first kappa shape index (κ1) is 13.4. The van der Waals surface area contributed by atoms with Crippen LogP contribution in [0.2, 0.25) is 0 Å². The molecule has 0 saturated heterocycles. The lowest BCUT2D eigenvalue weighted by Gasteiger charge is -2.08. The van der Waals surface area contributed by atoms with Crippen molar-refractivity contribution in [1.82, 2.24) is 10.6 Å². The summed E-state index contributed by atoms with van der Waals surface area (Å²) in [6.07, 6.45) is 3.78. The summed E-state index contributed by atoms with van der Waals surface area (Å²) in [6.45, 7) is 6.04. The maximum atomic E-state index is 5.69. The molecular weight excluding hydrogens is 224 g/mol. The average Bonchev–Trinajstić information content (AvgIpc) is 3.17. The van der Waals surface area contributed by atoms with E-state index < -0.39 is 0 Å². The Hall–Kier alpha value is -1.06. The van der Waals surface area contributed by atoms with Crippen molar-refractivity contribution < 1.29 is 4.74 Å². The summed E-state index contributed by atoms with van der Waals surface area (Å²) in [5.74, 6) is 0.977. The Labute approximate surface area is 110 Å². The molecule has 100 valence electrons. The Kier molecular flexibility index (Phi) is 5.49. The second-order valence-corrected chi connectivity index (χ2v) is 5.00. The molecule has 0 atom stereocenters. The summed E-state index contributed by atoms with van der Waals surface area (Å²) in [4.78, 5) is 0. The molecule has 3 heteroatoms. The van der Waals surface area contributed by atoms with Crippen molar-refractivity contribution in [3.63, 3.8) is 0 Å². The predicted octanol–water partition coefficient (Wildman–Crippen LogP) is 2.11. The van der Waals surface area contributed by atoms with Crippen LogP contribution in [0.4, 0.5) is 0 Å². The molecule has 2 N–H and O–H groups in total. The molecule has 0 heterocycles. The van der Waals surface area contributed by atoms with E-state index in [2.05, 4.69) is 29.7 Å². The molecular formula is C15H24N2O. The van der Waals surface area contributed by atoms with Crippen LogP contribution in [0.5, 0.6) is 5.75 Å². The zero-order valence-electron chi connectivity index (χ0n) is 11.2. The van der Waals surface area contributed by atoms with Crippen LogP contribution >= 0.6 is 0 Å². The summed E-state index contributed by atoms with van der Waals surface area (Å²) in [5, 5.41) is 6.91. The Morgan fingerprint density at radius 3 is 2.89 bits per heavy atom. The number of rotatable bonds is 9. The highest BCUT2D eigenvalue weighted by atomic mass is 16.5. The zero-order chi connectivity index (χ0) is 12.6. The van der Waals surface area contributed by atoms with Crippen molar-refractivity contribution in [1.29, 1.82) is 0 Å². The molecule has 0 unspecified atom stereocenters. The van der Waals surface area contributed by atoms with E-state index in [1.807, 2.05) is 12.1 Å². The molecule has 0 spiro atoms. The fraction of sp³-hybridized carbons (Fsp3) is 0.600. The lowest BCUT2D eigenvalue weighted by atomic mass is 10.2. The molecule has 1 aliphatic carbocycles. The lowest BCUT2D eigenvalue weighted by Crippen LogP contribution is -2.29. The average molecular weight is 248 g/mol. The lowest BCUT2D eigenvalue weighted by molar-refractivity contribution is 0.308. The first-order valence-corrected chi connectivity index (χ1v) is 6.98. The standard InChI is InChI=1S/C15H24N2O/c1-13-4-2-5-15(12-13)18-11-3-8-16-9-10-17-14-6-7-14/h2,4-5,12,14,16-17H,3,6-11H2,1H3. The van der Waals surface area contributed by atoms with Gasteiger partial charge in [0.25, 0.3) is 0 Å². The van der Waals surface area contributed by atoms with Crippen LogP contribution in [0.1, 0.15) is 24.8 Å². The van der Waals surface area contributed by atoms with Gasteiger partial charge in [-0.15, -0.1) is 0 Å². The number of nitrogens with one attached hydrogen (secondary N) is 2. The molecule has 1 aromatic carbocycles. The molecule has 0 aliphatic heterocycles. The Morgan fingerprint density at radius 2 is 2.11 bits per heavy atom. The first-order chi connectivity index (χ1) is 8.84. The van der Waals surface area contributed by atoms with Crippen molar-refractivity contribution in [2.75, 3.05) is 26.2 Å². The van der Waals surface area contributed by atoms with E-state index in [0.717, 1.165) is 44.5 Å². The second-order valence-electron chi connectivity index (χ2n) is 5.00. The van der Waals surface area contributed by atoms with E-state index >= 15 is 0 Å². The maximum absolute atomic E-state index is 5.69. The van der Waals surface area contributed by atoms with Gasteiger partial charge in [-0.3, -0.25) is 0 Å². The van der Waals surface area contributed by atoms with Gasteiger partial charge in [0.05, 0.1) is 6.61 Å². The molecule has 18 heavy (non-hydrogen) atoms. The number of hydrogen-bond acceptors (Lipinski definition) is 3. The molecule has 3 nitrogen and oxygen atoms in total. The zero-order valence-corrected chi connectivity index (χ0v) is 11.2. The molecule has 0 bridgehead atoms. The van der Waals surface area contributed by atoms with E-state index in [0.29, 0.717) is 0 Å². The number of hydrogen-bond donors (Lipinski definition) is 2. The van der Waals surface area contributed by atoms with Crippen LogP contribution in [-0.2, 0) is 0 Å². The third-order valence-corrected chi connectivity index (χ3v) is 3.07. The molecule has 0 amide bonds. The van der Waals surface area contributed by atoms with Crippen molar-refractivity contribution >= 4 is 0 Å². The van der Waals surface area contributed by atoms with Crippen LogP contribution in [0.25, 0.3) is 0 Å². The molecule has 1 saturated carbocycles. The van der Waals surface area contributed by atoms with E-state index in [-0.39, 0.29) is 0 Å². The number of aryl methyl sites for hydroxylation is 1. The molecule has 0 aromatic heterocycles. The highest BCUT2D eigenvalue weighted by Gasteiger charge is 2.19. The monoisotopic (exact) mass is 248 g/mol. The van der Waals surface area contributed by atoms with Gasteiger partial charge in [-0.05, 0) is 50.4 Å². The van der Waals surface area contributed by atoms with Gasteiger partial charge < -0.3 is 15.4 Å². The normalized spacial score (nSPS) is 14.7. The largest absolute Gasteiger partial charge is 0.494 e. The van der Waals surface area contributed by atoms with Crippen LogP contribution in [0.3, 0.4) is 0 Å². The van der Waals surface area contributed by atoms with Crippen molar-refractivity contribution in [2.24, 2.45) is 0 Å². The minimum Gasteiger partial charge on any atom is -0.494 e. The first-order valence-electron chi connectivity index (χ1n) is 6.98. The van der Waals surface area contributed by atoms with Crippen molar-refractivity contribution in [3.8, 4) is 5.75 Å². The Bertz CT molecular complexity index is 350. The fourth-order valence-electron chi connectivity index (χ4n) is 1.87. The quantitative estimate of drug-likeness (QED) is 0.657. The van der Waals surface area contributed by atoms with Gasteiger partial charge >= 0.3 is 0 Å². The summed E-state index contributed by atoms with van der Waals surface area (Å²) < 4.78 is 5.69. The molecule has 1 aromatic rings. The number of ether oxygens (including phenoxy) is 1. The van der Waals surface area contributed by atoms with Crippen LogP contribution < -0.4 is 15.4 Å². The minimum absolute atomic E-state index is 0.784.